The molecule has 0 aromatic heterocycles. The lowest BCUT2D eigenvalue weighted by Gasteiger charge is -2.27. The molecule has 1 aliphatic heterocycles. The maximum Gasteiger partial charge on any atom is 0.241 e. The molecule has 1 atom stereocenters. The number of carbonyl (C=O) groups is 2. The third-order valence-electron chi connectivity index (χ3n) is 5.28. The van der Waals surface area contributed by atoms with Crippen molar-refractivity contribution in [1.82, 2.24) is 14.9 Å². The quantitative estimate of drug-likeness (QED) is 0.507. The molecule has 2 aromatic carbocycles. The highest BCUT2D eigenvalue weighted by Crippen LogP contribution is 2.15. The molecule has 1 fully saturated rings. The van der Waals surface area contributed by atoms with Crippen LogP contribution in [0.1, 0.15) is 25.0 Å². The van der Waals surface area contributed by atoms with Crippen LogP contribution in [0.3, 0.4) is 0 Å². The van der Waals surface area contributed by atoms with Crippen molar-refractivity contribution in [2.45, 2.75) is 37.9 Å². The van der Waals surface area contributed by atoms with Gasteiger partial charge in [-0.15, -0.1) is 0 Å². The molecule has 9 nitrogen and oxygen atoms in total. The summed E-state index contributed by atoms with van der Waals surface area (Å²) in [6.07, 6.45) is 0. The number of carbonyl (C=O) groups excluding carboxylic acids is 2. The number of ether oxygens (including phenoxy) is 1. The van der Waals surface area contributed by atoms with Gasteiger partial charge >= 0.3 is 0 Å². The lowest BCUT2D eigenvalue weighted by Crippen LogP contribution is -2.44. The van der Waals surface area contributed by atoms with Crippen molar-refractivity contribution in [3.05, 3.63) is 59.7 Å². The Morgan fingerprint density at radius 3 is 2.30 bits per heavy atom. The van der Waals surface area contributed by atoms with Crippen LogP contribution < -0.4 is 15.4 Å². The van der Waals surface area contributed by atoms with Gasteiger partial charge in [0.1, 0.15) is 0 Å². The second kappa shape index (κ2) is 11.4. The zero-order valence-electron chi connectivity index (χ0n) is 18.8. The van der Waals surface area contributed by atoms with E-state index >= 15 is 0 Å². The monoisotopic (exact) mass is 474 g/mol. The van der Waals surface area contributed by atoms with E-state index in [1.807, 2.05) is 24.3 Å². The third kappa shape index (κ3) is 7.36. The molecule has 0 unspecified atom stereocenters. The molecule has 1 saturated heterocycles. The Morgan fingerprint density at radius 1 is 1.03 bits per heavy atom. The fourth-order valence-electron chi connectivity index (χ4n) is 3.49. The van der Waals surface area contributed by atoms with Gasteiger partial charge in [0.25, 0.3) is 0 Å². The molecule has 3 N–H and O–H groups in total. The summed E-state index contributed by atoms with van der Waals surface area (Å²) in [5.74, 6) is -0.671. The highest BCUT2D eigenvalue weighted by molar-refractivity contribution is 7.89. The summed E-state index contributed by atoms with van der Waals surface area (Å²) in [7, 11) is -3.90. The van der Waals surface area contributed by atoms with Crippen LogP contribution in [0, 0.1) is 0 Å². The van der Waals surface area contributed by atoms with Crippen molar-refractivity contribution in [3.63, 3.8) is 0 Å². The highest BCUT2D eigenvalue weighted by Gasteiger charge is 2.22. The first-order chi connectivity index (χ1) is 15.7. The van der Waals surface area contributed by atoms with Crippen LogP contribution in [0.15, 0.2) is 53.4 Å². The van der Waals surface area contributed by atoms with E-state index in [9.17, 15) is 18.0 Å². The first-order valence-electron chi connectivity index (χ1n) is 10.8. The molecule has 33 heavy (non-hydrogen) atoms. The Kier molecular flexibility index (Phi) is 8.56. The standard InChI is InChI=1S/C23H30N4O5S/c1-17(26-33(30,31)22-9-7-21(8-10-22)25-18(2)28)23(29)24-15-19-5-3-4-6-20(19)16-27-11-13-32-14-12-27/h3-10,17,26H,11-16H2,1-2H3,(H,24,29)(H,25,28)/t17-/m0/s1. The first-order valence-corrected chi connectivity index (χ1v) is 12.3. The van der Waals surface area contributed by atoms with Gasteiger partial charge in [-0.05, 0) is 42.3 Å². The van der Waals surface area contributed by atoms with Crippen LogP contribution in [0.5, 0.6) is 0 Å². The van der Waals surface area contributed by atoms with Gasteiger partial charge in [-0.3, -0.25) is 14.5 Å². The first kappa shape index (κ1) is 24.8. The summed E-state index contributed by atoms with van der Waals surface area (Å²) < 4.78 is 33.1. The molecule has 3 rings (SSSR count). The van der Waals surface area contributed by atoms with Crippen LogP contribution in [0.25, 0.3) is 0 Å². The number of sulfonamides is 1. The molecule has 0 aliphatic carbocycles. The SMILES string of the molecule is CC(=O)Nc1ccc(S(=O)(=O)N[C@@H](C)C(=O)NCc2ccccc2CN2CCOCC2)cc1. The van der Waals surface area contributed by atoms with Crippen molar-refractivity contribution >= 4 is 27.5 Å². The van der Waals surface area contributed by atoms with Crippen LogP contribution in [-0.4, -0.2) is 57.5 Å². The minimum atomic E-state index is -3.90. The Labute approximate surface area is 194 Å². The molecule has 0 spiro atoms. The Bertz CT molecular complexity index is 1070. The van der Waals surface area contributed by atoms with Crippen LogP contribution in [-0.2, 0) is 37.4 Å². The minimum Gasteiger partial charge on any atom is -0.379 e. The van der Waals surface area contributed by atoms with Gasteiger partial charge in [0.05, 0.1) is 24.2 Å². The largest absolute Gasteiger partial charge is 0.379 e. The molecule has 10 heteroatoms. The van der Waals surface area contributed by atoms with Crippen LogP contribution >= 0.6 is 0 Å². The van der Waals surface area contributed by atoms with Gasteiger partial charge in [0.2, 0.25) is 21.8 Å². The number of nitrogens with zero attached hydrogens (tertiary/aromatic N) is 1. The number of nitrogens with one attached hydrogen (secondary N) is 3. The number of anilines is 1. The minimum absolute atomic E-state index is 0.00658. The number of rotatable bonds is 9. The maximum atomic E-state index is 12.6. The Morgan fingerprint density at radius 2 is 1.67 bits per heavy atom. The fraction of sp³-hybridized carbons (Fsp3) is 0.391. The maximum absolute atomic E-state index is 12.6. The lowest BCUT2D eigenvalue weighted by molar-refractivity contribution is -0.122. The molecule has 0 bridgehead atoms. The fourth-order valence-corrected chi connectivity index (χ4v) is 4.70. The highest BCUT2D eigenvalue weighted by atomic mass is 32.2. The predicted molar refractivity (Wildman–Crippen MR) is 125 cm³/mol. The molecular weight excluding hydrogens is 444 g/mol. The van der Waals surface area contributed by atoms with E-state index < -0.39 is 22.0 Å². The second-order valence-electron chi connectivity index (χ2n) is 7.92. The average molecular weight is 475 g/mol. The van der Waals surface area contributed by atoms with E-state index in [0.29, 0.717) is 25.4 Å². The molecule has 0 radical (unpaired) electrons. The smallest absolute Gasteiger partial charge is 0.241 e. The van der Waals surface area contributed by atoms with E-state index in [-0.39, 0.29) is 10.8 Å². The van der Waals surface area contributed by atoms with E-state index in [2.05, 4.69) is 20.3 Å². The number of hydrogen-bond acceptors (Lipinski definition) is 6. The van der Waals surface area contributed by atoms with Gasteiger partial charge in [0.15, 0.2) is 0 Å². The predicted octanol–water partition coefficient (Wildman–Crippen LogP) is 1.46. The molecule has 0 saturated carbocycles. The van der Waals surface area contributed by atoms with Crippen LogP contribution in [0.2, 0.25) is 0 Å². The van der Waals surface area contributed by atoms with Crippen LogP contribution in [0.4, 0.5) is 5.69 Å². The number of morpholine rings is 1. The average Bonchev–Trinajstić information content (AvgIpc) is 2.78. The Hall–Kier alpha value is -2.79. The molecule has 178 valence electrons. The number of hydrogen-bond donors (Lipinski definition) is 3. The summed E-state index contributed by atoms with van der Waals surface area (Å²) in [5.41, 5.74) is 2.59. The van der Waals surface area contributed by atoms with Gasteiger partial charge in [-0.2, -0.15) is 4.72 Å². The van der Waals surface area contributed by atoms with Gasteiger partial charge in [-0.25, -0.2) is 8.42 Å². The zero-order valence-corrected chi connectivity index (χ0v) is 19.7. The summed E-state index contributed by atoms with van der Waals surface area (Å²) in [6.45, 7) is 7.10. The van der Waals surface area contributed by atoms with Crippen molar-refractivity contribution in [3.8, 4) is 0 Å². The topological polar surface area (TPSA) is 117 Å². The molecule has 2 amide bonds. The van der Waals surface area contributed by atoms with E-state index in [4.69, 9.17) is 4.74 Å². The van der Waals surface area contributed by atoms with E-state index in [0.717, 1.165) is 30.8 Å². The lowest BCUT2D eigenvalue weighted by atomic mass is 10.1. The molecule has 1 heterocycles. The van der Waals surface area contributed by atoms with Crippen molar-refractivity contribution in [2.75, 3.05) is 31.6 Å². The number of amides is 2. The van der Waals surface area contributed by atoms with Crippen molar-refractivity contribution < 1.29 is 22.7 Å². The number of benzene rings is 2. The van der Waals surface area contributed by atoms with E-state index in [1.165, 1.54) is 38.1 Å². The summed E-state index contributed by atoms with van der Waals surface area (Å²) in [5, 5.41) is 5.40. The summed E-state index contributed by atoms with van der Waals surface area (Å²) in [6, 6.07) is 12.7. The Balaban J connectivity index is 1.57. The van der Waals surface area contributed by atoms with Crippen molar-refractivity contribution in [1.29, 1.82) is 0 Å². The van der Waals surface area contributed by atoms with Gasteiger partial charge < -0.3 is 15.4 Å². The molecular formula is C23H30N4O5S. The summed E-state index contributed by atoms with van der Waals surface area (Å²) >= 11 is 0. The zero-order chi connectivity index (χ0) is 23.8. The van der Waals surface area contributed by atoms with Gasteiger partial charge in [0, 0.05) is 38.8 Å². The third-order valence-corrected chi connectivity index (χ3v) is 6.84. The molecule has 2 aromatic rings. The van der Waals surface area contributed by atoms with E-state index in [1.54, 1.807) is 0 Å². The summed E-state index contributed by atoms with van der Waals surface area (Å²) in [4.78, 5) is 26.0. The normalized spacial score (nSPS) is 15.6. The second-order valence-corrected chi connectivity index (χ2v) is 9.64. The van der Waals surface area contributed by atoms with Crippen molar-refractivity contribution in [2.24, 2.45) is 0 Å². The van der Waals surface area contributed by atoms with Gasteiger partial charge in [-0.1, -0.05) is 24.3 Å². The molecule has 1 aliphatic rings.